The van der Waals surface area contributed by atoms with Crippen LogP contribution in [0.25, 0.3) is 0 Å². The van der Waals surface area contributed by atoms with Crippen LogP contribution in [0.2, 0.25) is 0 Å². The SMILES string of the molecule is CCN1CCCC1CN(Cc1ccccc1OC)C(=O)c1cc2c([nH]c1=O)CCCC2. The van der Waals surface area contributed by atoms with Crippen LogP contribution in [0.15, 0.2) is 35.1 Å². The fraction of sp³-hybridized carbons (Fsp3) is 0.520. The Labute approximate surface area is 184 Å². The summed E-state index contributed by atoms with van der Waals surface area (Å²) in [5, 5.41) is 0. The van der Waals surface area contributed by atoms with Crippen molar-refractivity contribution in [2.24, 2.45) is 0 Å². The molecule has 1 N–H and O–H groups in total. The molecular formula is C25H33N3O3. The Morgan fingerprint density at radius 1 is 1.23 bits per heavy atom. The number of likely N-dealkylation sites (N-methyl/N-ethyl adjacent to an activating group) is 1. The monoisotopic (exact) mass is 423 g/mol. The van der Waals surface area contributed by atoms with Gasteiger partial charge >= 0.3 is 0 Å². The zero-order valence-corrected chi connectivity index (χ0v) is 18.7. The van der Waals surface area contributed by atoms with Gasteiger partial charge < -0.3 is 14.6 Å². The zero-order chi connectivity index (χ0) is 21.8. The van der Waals surface area contributed by atoms with Crippen molar-refractivity contribution in [2.75, 3.05) is 26.7 Å². The third-order valence-corrected chi connectivity index (χ3v) is 6.75. The summed E-state index contributed by atoms with van der Waals surface area (Å²) < 4.78 is 5.53. The number of aryl methyl sites for hydroxylation is 2. The Morgan fingerprint density at radius 3 is 2.84 bits per heavy atom. The number of carbonyl (C=O) groups excluding carboxylic acids is 1. The average molecular weight is 424 g/mol. The van der Waals surface area contributed by atoms with E-state index in [0.717, 1.165) is 74.2 Å². The first-order valence-electron chi connectivity index (χ1n) is 11.5. The van der Waals surface area contributed by atoms with Crippen LogP contribution in [0.4, 0.5) is 0 Å². The maximum Gasteiger partial charge on any atom is 0.261 e. The Bertz CT molecular complexity index is 984. The summed E-state index contributed by atoms with van der Waals surface area (Å²) in [6.07, 6.45) is 6.22. The number of aromatic amines is 1. The number of nitrogens with zero attached hydrogens (tertiary/aromatic N) is 2. The van der Waals surface area contributed by atoms with Gasteiger partial charge in [-0.05, 0) is 69.3 Å². The number of aromatic nitrogens is 1. The number of para-hydroxylation sites is 1. The first kappa shape index (κ1) is 21.6. The van der Waals surface area contributed by atoms with Gasteiger partial charge in [-0.3, -0.25) is 14.5 Å². The van der Waals surface area contributed by atoms with Gasteiger partial charge in [0.2, 0.25) is 0 Å². The van der Waals surface area contributed by atoms with Gasteiger partial charge in [0.1, 0.15) is 11.3 Å². The highest BCUT2D eigenvalue weighted by molar-refractivity contribution is 5.94. The van der Waals surface area contributed by atoms with Crippen LogP contribution in [0.3, 0.4) is 0 Å². The number of ether oxygens (including phenoxy) is 1. The lowest BCUT2D eigenvalue weighted by Gasteiger charge is -2.31. The van der Waals surface area contributed by atoms with Gasteiger partial charge in [-0.2, -0.15) is 0 Å². The molecule has 1 amide bonds. The molecule has 0 spiro atoms. The number of pyridine rings is 1. The molecule has 6 heteroatoms. The summed E-state index contributed by atoms with van der Waals surface area (Å²) >= 11 is 0. The first-order chi connectivity index (χ1) is 15.1. The van der Waals surface area contributed by atoms with Gasteiger partial charge in [-0.1, -0.05) is 25.1 Å². The van der Waals surface area contributed by atoms with Crippen molar-refractivity contribution in [3.8, 4) is 5.75 Å². The molecule has 2 heterocycles. The van der Waals surface area contributed by atoms with Crippen LogP contribution in [-0.2, 0) is 19.4 Å². The van der Waals surface area contributed by atoms with Crippen molar-refractivity contribution >= 4 is 5.91 Å². The lowest BCUT2D eigenvalue weighted by molar-refractivity contribution is 0.0689. The smallest absolute Gasteiger partial charge is 0.261 e. The zero-order valence-electron chi connectivity index (χ0n) is 18.7. The van der Waals surface area contributed by atoms with Crippen LogP contribution < -0.4 is 10.3 Å². The van der Waals surface area contributed by atoms with Crippen molar-refractivity contribution in [1.29, 1.82) is 0 Å². The van der Waals surface area contributed by atoms with Gasteiger partial charge in [-0.15, -0.1) is 0 Å². The van der Waals surface area contributed by atoms with E-state index in [-0.39, 0.29) is 17.0 Å². The minimum absolute atomic E-state index is 0.191. The quantitative estimate of drug-likeness (QED) is 0.741. The molecule has 0 radical (unpaired) electrons. The molecule has 1 aliphatic heterocycles. The molecule has 31 heavy (non-hydrogen) atoms. The van der Waals surface area contributed by atoms with Gasteiger partial charge in [0.15, 0.2) is 0 Å². The molecule has 1 aliphatic carbocycles. The molecule has 0 bridgehead atoms. The molecule has 0 saturated carbocycles. The third-order valence-electron chi connectivity index (χ3n) is 6.75. The predicted molar refractivity (Wildman–Crippen MR) is 122 cm³/mol. The minimum atomic E-state index is -0.269. The molecule has 2 aliphatic rings. The van der Waals surface area contributed by atoms with E-state index in [1.165, 1.54) is 0 Å². The second-order valence-corrected chi connectivity index (χ2v) is 8.65. The number of hydrogen-bond donors (Lipinski definition) is 1. The highest BCUT2D eigenvalue weighted by atomic mass is 16.5. The normalized spacial score (nSPS) is 18.6. The number of rotatable bonds is 7. The number of carbonyl (C=O) groups is 1. The summed E-state index contributed by atoms with van der Waals surface area (Å²) in [4.78, 5) is 33.8. The Balaban J connectivity index is 1.66. The number of fused-ring (bicyclic) bond motifs is 1. The van der Waals surface area contributed by atoms with E-state index in [9.17, 15) is 9.59 Å². The highest BCUT2D eigenvalue weighted by Gasteiger charge is 2.29. The number of likely N-dealkylation sites (tertiary alicyclic amines) is 1. The second kappa shape index (κ2) is 9.69. The van der Waals surface area contributed by atoms with Crippen molar-refractivity contribution in [1.82, 2.24) is 14.8 Å². The Hall–Kier alpha value is -2.60. The average Bonchev–Trinajstić information content (AvgIpc) is 3.25. The third kappa shape index (κ3) is 4.69. The lowest BCUT2D eigenvalue weighted by atomic mass is 9.95. The van der Waals surface area contributed by atoms with Gasteiger partial charge in [-0.25, -0.2) is 0 Å². The maximum absolute atomic E-state index is 13.7. The highest BCUT2D eigenvalue weighted by Crippen LogP contribution is 2.24. The molecule has 1 fully saturated rings. The Kier molecular flexibility index (Phi) is 6.76. The fourth-order valence-corrected chi connectivity index (χ4v) is 5.04. The van der Waals surface area contributed by atoms with Gasteiger partial charge in [0, 0.05) is 30.4 Å². The Morgan fingerprint density at radius 2 is 2.03 bits per heavy atom. The molecule has 1 aromatic carbocycles. The van der Waals surface area contributed by atoms with Crippen LogP contribution in [-0.4, -0.2) is 53.5 Å². The van der Waals surface area contributed by atoms with E-state index in [2.05, 4.69) is 16.8 Å². The van der Waals surface area contributed by atoms with Gasteiger partial charge in [0.05, 0.1) is 7.11 Å². The number of methoxy groups -OCH3 is 1. The van der Waals surface area contributed by atoms with Crippen molar-refractivity contribution in [3.63, 3.8) is 0 Å². The van der Waals surface area contributed by atoms with E-state index < -0.39 is 0 Å². The molecule has 1 unspecified atom stereocenters. The number of H-pyrrole nitrogens is 1. The van der Waals surface area contributed by atoms with E-state index in [4.69, 9.17) is 4.74 Å². The number of benzene rings is 1. The predicted octanol–water partition coefficient (Wildman–Crippen LogP) is 3.39. The molecular weight excluding hydrogens is 390 g/mol. The van der Waals surface area contributed by atoms with E-state index in [1.54, 1.807) is 7.11 Å². The van der Waals surface area contributed by atoms with Crippen molar-refractivity contribution in [2.45, 2.75) is 58.0 Å². The maximum atomic E-state index is 13.7. The van der Waals surface area contributed by atoms with E-state index in [0.29, 0.717) is 19.1 Å². The fourth-order valence-electron chi connectivity index (χ4n) is 5.04. The molecule has 1 aromatic heterocycles. The largest absolute Gasteiger partial charge is 0.496 e. The van der Waals surface area contributed by atoms with Crippen molar-refractivity contribution in [3.05, 3.63) is 63.1 Å². The first-order valence-corrected chi connectivity index (χ1v) is 11.5. The van der Waals surface area contributed by atoms with E-state index >= 15 is 0 Å². The summed E-state index contributed by atoms with van der Waals surface area (Å²) in [5.41, 5.74) is 3.05. The number of hydrogen-bond acceptors (Lipinski definition) is 4. The van der Waals surface area contributed by atoms with Crippen LogP contribution in [0.1, 0.15) is 59.8 Å². The summed E-state index contributed by atoms with van der Waals surface area (Å²) in [6, 6.07) is 9.95. The molecule has 4 rings (SSSR count). The van der Waals surface area contributed by atoms with Gasteiger partial charge in [0.25, 0.3) is 11.5 Å². The minimum Gasteiger partial charge on any atom is -0.496 e. The number of amides is 1. The van der Waals surface area contributed by atoms with Crippen molar-refractivity contribution < 1.29 is 9.53 Å². The molecule has 6 nitrogen and oxygen atoms in total. The van der Waals surface area contributed by atoms with Crippen LogP contribution in [0, 0.1) is 0 Å². The molecule has 2 aromatic rings. The lowest BCUT2D eigenvalue weighted by Crippen LogP contribution is -2.44. The summed E-state index contributed by atoms with van der Waals surface area (Å²) in [5.74, 6) is 0.571. The standard InChI is InChI=1S/C25H33N3O3/c1-3-27-14-8-11-20(27)17-28(16-19-10-5-7-13-23(19)31-2)25(30)21-15-18-9-4-6-12-22(18)26-24(21)29/h5,7,10,13,15,20H,3-4,6,8-9,11-12,14,16-17H2,1-2H3,(H,26,29). The summed E-state index contributed by atoms with van der Waals surface area (Å²) in [7, 11) is 1.65. The van der Waals surface area contributed by atoms with Crippen LogP contribution in [0.5, 0.6) is 5.75 Å². The second-order valence-electron chi connectivity index (χ2n) is 8.65. The summed E-state index contributed by atoms with van der Waals surface area (Å²) in [6.45, 7) is 5.24. The topological polar surface area (TPSA) is 65.6 Å². The molecule has 1 atom stereocenters. The molecule has 1 saturated heterocycles. The van der Waals surface area contributed by atoms with E-state index in [1.807, 2.05) is 35.2 Å². The van der Waals surface area contributed by atoms with Crippen LogP contribution >= 0.6 is 0 Å². The molecule has 166 valence electrons. The number of nitrogens with one attached hydrogen (secondary N) is 1.